The van der Waals surface area contributed by atoms with Crippen LogP contribution < -0.4 is 10.6 Å². The van der Waals surface area contributed by atoms with E-state index in [0.29, 0.717) is 25.9 Å². The van der Waals surface area contributed by atoms with Crippen LogP contribution >= 0.6 is 0 Å². The van der Waals surface area contributed by atoms with Gasteiger partial charge in [0, 0.05) is 19.0 Å². The minimum atomic E-state index is -4.53. The highest BCUT2D eigenvalue weighted by molar-refractivity contribution is 6.04. The van der Waals surface area contributed by atoms with Gasteiger partial charge in [-0.15, -0.1) is 0 Å². The van der Waals surface area contributed by atoms with E-state index in [1.807, 2.05) is 0 Å². The van der Waals surface area contributed by atoms with Gasteiger partial charge >= 0.3 is 12.3 Å². The quantitative estimate of drug-likeness (QED) is 0.766. The molecule has 3 amide bonds. The first-order chi connectivity index (χ1) is 13.9. The highest BCUT2D eigenvalue weighted by atomic mass is 19.4. The van der Waals surface area contributed by atoms with Gasteiger partial charge in [-0.1, -0.05) is 12.1 Å². The Kier molecular flexibility index (Phi) is 7.33. The number of benzene rings is 1. The molecule has 1 saturated heterocycles. The predicted molar refractivity (Wildman–Crippen MR) is 104 cm³/mol. The number of nitrogens with zero attached hydrogens (tertiary/aromatic N) is 1. The number of nitrogens with one attached hydrogen (secondary N) is 2. The second-order valence-corrected chi connectivity index (χ2v) is 8.07. The molecule has 10 heteroatoms. The average molecular weight is 429 g/mol. The summed E-state index contributed by atoms with van der Waals surface area (Å²) in [6, 6.07) is 5.86. The van der Waals surface area contributed by atoms with Gasteiger partial charge in [-0.2, -0.15) is 13.2 Å². The van der Waals surface area contributed by atoms with Crippen molar-refractivity contribution < 1.29 is 32.3 Å². The summed E-state index contributed by atoms with van der Waals surface area (Å²) < 4.78 is 42.3. The maximum Gasteiger partial charge on any atom is 0.410 e. The molecule has 0 radical (unpaired) electrons. The van der Waals surface area contributed by atoms with Crippen LogP contribution in [-0.2, 0) is 9.53 Å². The van der Waals surface area contributed by atoms with E-state index in [2.05, 4.69) is 5.32 Å². The van der Waals surface area contributed by atoms with Gasteiger partial charge in [0.1, 0.15) is 12.1 Å². The van der Waals surface area contributed by atoms with Crippen molar-refractivity contribution in [1.82, 2.24) is 10.2 Å². The van der Waals surface area contributed by atoms with Crippen LogP contribution in [0.2, 0.25) is 0 Å². The predicted octanol–water partition coefficient (Wildman–Crippen LogP) is 3.56. The van der Waals surface area contributed by atoms with Crippen molar-refractivity contribution in [2.75, 3.05) is 25.0 Å². The highest BCUT2D eigenvalue weighted by Crippen LogP contribution is 2.23. The SMILES string of the molecule is CC(C)(C)OC(=O)N1CCC(C(=O)Nc2ccccc2C(=O)NCC(F)(F)F)CC1. The van der Waals surface area contributed by atoms with Gasteiger partial charge in [0.05, 0.1) is 11.3 Å². The Labute approximate surface area is 172 Å². The molecule has 0 spiro atoms. The number of halogens is 3. The van der Waals surface area contributed by atoms with Crippen LogP contribution in [0, 0.1) is 5.92 Å². The van der Waals surface area contributed by atoms with Crippen molar-refractivity contribution in [2.45, 2.75) is 45.4 Å². The van der Waals surface area contributed by atoms with Crippen molar-refractivity contribution in [3.05, 3.63) is 29.8 Å². The lowest BCUT2D eigenvalue weighted by Crippen LogP contribution is -2.43. The number of rotatable bonds is 4. The fraction of sp³-hybridized carbons (Fsp3) is 0.550. The molecule has 1 fully saturated rings. The zero-order valence-electron chi connectivity index (χ0n) is 17.1. The molecule has 30 heavy (non-hydrogen) atoms. The Bertz CT molecular complexity index is 782. The minimum absolute atomic E-state index is 0.0544. The summed E-state index contributed by atoms with van der Waals surface area (Å²) in [5, 5.41) is 4.42. The van der Waals surface area contributed by atoms with Crippen molar-refractivity contribution >= 4 is 23.6 Å². The summed E-state index contributed by atoms with van der Waals surface area (Å²) in [5.74, 6) is -1.67. The van der Waals surface area contributed by atoms with Crippen molar-refractivity contribution in [3.8, 4) is 0 Å². The molecule has 0 aromatic heterocycles. The Morgan fingerprint density at radius 1 is 1.10 bits per heavy atom. The molecule has 0 aliphatic carbocycles. The molecule has 166 valence electrons. The number of anilines is 1. The number of piperidine rings is 1. The number of ether oxygens (including phenoxy) is 1. The van der Waals surface area contributed by atoms with Crippen molar-refractivity contribution in [1.29, 1.82) is 0 Å². The standard InChI is InChI=1S/C20H26F3N3O4/c1-19(2,3)30-18(29)26-10-8-13(9-11-26)16(27)25-15-7-5-4-6-14(15)17(28)24-12-20(21,22)23/h4-7,13H,8-12H2,1-3H3,(H,24,28)(H,25,27). The van der Waals surface area contributed by atoms with E-state index in [1.165, 1.54) is 23.1 Å². The van der Waals surface area contributed by atoms with Gasteiger partial charge in [0.15, 0.2) is 0 Å². The minimum Gasteiger partial charge on any atom is -0.444 e. The number of carbonyl (C=O) groups excluding carboxylic acids is 3. The molecule has 1 aliphatic heterocycles. The molecular formula is C20H26F3N3O4. The zero-order valence-corrected chi connectivity index (χ0v) is 17.1. The molecule has 0 unspecified atom stereocenters. The van der Waals surface area contributed by atoms with Gasteiger partial charge in [0.25, 0.3) is 5.91 Å². The topological polar surface area (TPSA) is 87.7 Å². The Morgan fingerprint density at radius 3 is 2.27 bits per heavy atom. The van der Waals surface area contributed by atoms with Gasteiger partial charge in [0.2, 0.25) is 5.91 Å². The third-order valence-corrected chi connectivity index (χ3v) is 4.40. The van der Waals surface area contributed by atoms with E-state index in [1.54, 1.807) is 32.2 Å². The first kappa shape index (κ1) is 23.5. The van der Waals surface area contributed by atoms with Gasteiger partial charge in [-0.3, -0.25) is 9.59 Å². The van der Waals surface area contributed by atoms with Crippen LogP contribution in [0.5, 0.6) is 0 Å². The lowest BCUT2D eigenvalue weighted by molar-refractivity contribution is -0.123. The summed E-state index contributed by atoms with van der Waals surface area (Å²) in [6.07, 6.45) is -4.15. The van der Waals surface area contributed by atoms with Crippen molar-refractivity contribution in [3.63, 3.8) is 0 Å². The van der Waals surface area contributed by atoms with Crippen molar-refractivity contribution in [2.24, 2.45) is 5.92 Å². The Balaban J connectivity index is 1.95. The maximum atomic E-state index is 12.6. The summed E-state index contributed by atoms with van der Waals surface area (Å²) >= 11 is 0. The first-order valence-electron chi connectivity index (χ1n) is 9.58. The van der Waals surface area contributed by atoms with Crippen LogP contribution in [0.25, 0.3) is 0 Å². The maximum absolute atomic E-state index is 12.6. The fourth-order valence-corrected chi connectivity index (χ4v) is 2.95. The first-order valence-corrected chi connectivity index (χ1v) is 9.58. The van der Waals surface area contributed by atoms with E-state index >= 15 is 0 Å². The fourth-order valence-electron chi connectivity index (χ4n) is 2.95. The van der Waals surface area contributed by atoms with E-state index in [9.17, 15) is 27.6 Å². The molecule has 1 aliphatic rings. The zero-order chi connectivity index (χ0) is 22.5. The number of para-hydroxylation sites is 1. The Morgan fingerprint density at radius 2 is 1.70 bits per heavy atom. The molecule has 0 bridgehead atoms. The van der Waals surface area contributed by atoms with E-state index < -0.39 is 36.2 Å². The van der Waals surface area contributed by atoms with Crippen LogP contribution in [0.3, 0.4) is 0 Å². The van der Waals surface area contributed by atoms with E-state index in [4.69, 9.17) is 4.74 Å². The molecular weight excluding hydrogens is 403 g/mol. The molecule has 2 rings (SSSR count). The summed E-state index contributed by atoms with van der Waals surface area (Å²) in [5.41, 5.74) is -0.528. The van der Waals surface area contributed by atoms with Gasteiger partial charge in [-0.05, 0) is 45.7 Å². The number of hydrogen-bond acceptors (Lipinski definition) is 4. The lowest BCUT2D eigenvalue weighted by atomic mass is 9.96. The van der Waals surface area contributed by atoms with Crippen LogP contribution in [0.15, 0.2) is 24.3 Å². The second kappa shape index (κ2) is 9.36. The van der Waals surface area contributed by atoms with Crippen LogP contribution in [-0.4, -0.2) is 54.2 Å². The molecule has 1 heterocycles. The molecule has 1 aromatic carbocycles. The van der Waals surface area contributed by atoms with Crippen LogP contribution in [0.4, 0.5) is 23.7 Å². The number of amides is 3. The molecule has 7 nitrogen and oxygen atoms in total. The number of carbonyl (C=O) groups is 3. The van der Waals surface area contributed by atoms with Gasteiger partial charge in [-0.25, -0.2) is 4.79 Å². The largest absolute Gasteiger partial charge is 0.444 e. The highest BCUT2D eigenvalue weighted by Gasteiger charge is 2.31. The molecule has 0 atom stereocenters. The third-order valence-electron chi connectivity index (χ3n) is 4.40. The average Bonchev–Trinajstić information content (AvgIpc) is 2.64. The number of hydrogen-bond donors (Lipinski definition) is 2. The second-order valence-electron chi connectivity index (χ2n) is 8.07. The van der Waals surface area contributed by atoms with E-state index in [0.717, 1.165) is 0 Å². The van der Waals surface area contributed by atoms with Crippen LogP contribution in [0.1, 0.15) is 44.0 Å². The smallest absolute Gasteiger partial charge is 0.410 e. The number of likely N-dealkylation sites (tertiary alicyclic amines) is 1. The third kappa shape index (κ3) is 7.23. The lowest BCUT2D eigenvalue weighted by Gasteiger charge is -2.33. The Hall–Kier alpha value is -2.78. The molecule has 2 N–H and O–H groups in total. The summed E-state index contributed by atoms with van der Waals surface area (Å²) in [6.45, 7) is 4.55. The van der Waals surface area contributed by atoms with E-state index in [-0.39, 0.29) is 17.2 Å². The normalized spacial score (nSPS) is 15.5. The monoisotopic (exact) mass is 429 g/mol. The van der Waals surface area contributed by atoms with Gasteiger partial charge < -0.3 is 20.3 Å². The molecule has 1 aromatic rings. The summed E-state index contributed by atoms with van der Waals surface area (Å²) in [7, 11) is 0. The summed E-state index contributed by atoms with van der Waals surface area (Å²) in [4.78, 5) is 38.3. The molecule has 0 saturated carbocycles. The number of alkyl halides is 3.